The molecule has 0 bridgehead atoms. The van der Waals surface area contributed by atoms with Gasteiger partial charge in [0.15, 0.2) is 0 Å². The van der Waals surface area contributed by atoms with Crippen molar-refractivity contribution in [2.24, 2.45) is 0 Å². The van der Waals surface area contributed by atoms with Crippen molar-refractivity contribution < 1.29 is 9.21 Å². The molecule has 17 heavy (non-hydrogen) atoms. The molecule has 0 saturated heterocycles. The summed E-state index contributed by atoms with van der Waals surface area (Å²) in [6.45, 7) is 3.00. The van der Waals surface area contributed by atoms with Crippen LogP contribution >= 0.6 is 0 Å². The first-order valence-corrected chi connectivity index (χ1v) is 5.52. The lowest BCUT2D eigenvalue weighted by Crippen LogP contribution is -2.23. The van der Waals surface area contributed by atoms with E-state index < -0.39 is 0 Å². The van der Waals surface area contributed by atoms with Gasteiger partial charge in [-0.15, -0.1) is 0 Å². The number of furan rings is 1. The lowest BCUT2D eigenvalue weighted by Gasteiger charge is -2.03. The second-order valence-electron chi connectivity index (χ2n) is 3.89. The number of aryl methyl sites for hydroxylation is 2. The minimum Gasteiger partial charge on any atom is -0.467 e. The van der Waals surface area contributed by atoms with Gasteiger partial charge >= 0.3 is 0 Å². The lowest BCUT2D eigenvalue weighted by atomic mass is 10.3. The van der Waals surface area contributed by atoms with Crippen molar-refractivity contribution in [2.45, 2.75) is 26.4 Å². The van der Waals surface area contributed by atoms with Crippen LogP contribution in [0, 0.1) is 6.92 Å². The van der Waals surface area contributed by atoms with Crippen LogP contribution in [0.4, 0.5) is 0 Å². The van der Waals surface area contributed by atoms with E-state index in [2.05, 4.69) is 10.4 Å². The van der Waals surface area contributed by atoms with Crippen LogP contribution in [0.2, 0.25) is 0 Å². The smallest absolute Gasteiger partial charge is 0.222 e. The van der Waals surface area contributed by atoms with Crippen LogP contribution in [-0.4, -0.2) is 15.7 Å². The Morgan fingerprint density at radius 1 is 1.59 bits per heavy atom. The molecular formula is C12H15N3O2. The summed E-state index contributed by atoms with van der Waals surface area (Å²) >= 11 is 0. The predicted octanol–water partition coefficient (Wildman–Crippen LogP) is 1.49. The van der Waals surface area contributed by atoms with Gasteiger partial charge in [-0.05, 0) is 24.6 Å². The van der Waals surface area contributed by atoms with Gasteiger partial charge in [0.2, 0.25) is 5.91 Å². The summed E-state index contributed by atoms with van der Waals surface area (Å²) in [5, 5.41) is 6.90. The van der Waals surface area contributed by atoms with Crippen LogP contribution in [0.3, 0.4) is 0 Å². The third-order valence-corrected chi connectivity index (χ3v) is 2.37. The van der Waals surface area contributed by atoms with Crippen molar-refractivity contribution in [2.75, 3.05) is 0 Å². The van der Waals surface area contributed by atoms with Gasteiger partial charge in [-0.1, -0.05) is 0 Å². The highest BCUT2D eigenvalue weighted by Gasteiger charge is 2.03. The average molecular weight is 233 g/mol. The van der Waals surface area contributed by atoms with E-state index in [9.17, 15) is 4.79 Å². The Balaban J connectivity index is 1.71. The van der Waals surface area contributed by atoms with Crippen molar-refractivity contribution in [3.63, 3.8) is 0 Å². The van der Waals surface area contributed by atoms with Gasteiger partial charge in [0.25, 0.3) is 0 Å². The first-order chi connectivity index (χ1) is 8.24. The van der Waals surface area contributed by atoms with E-state index in [1.807, 2.05) is 19.2 Å². The molecule has 0 aliphatic rings. The monoisotopic (exact) mass is 233 g/mol. The summed E-state index contributed by atoms with van der Waals surface area (Å²) in [6.07, 6.45) is 5.70. The van der Waals surface area contributed by atoms with E-state index in [0.717, 1.165) is 11.3 Å². The van der Waals surface area contributed by atoms with Crippen molar-refractivity contribution in [3.8, 4) is 0 Å². The number of aromatic nitrogens is 2. The van der Waals surface area contributed by atoms with Crippen molar-refractivity contribution in [1.29, 1.82) is 0 Å². The second kappa shape index (κ2) is 5.34. The van der Waals surface area contributed by atoms with Crippen LogP contribution in [0.1, 0.15) is 17.7 Å². The Hall–Kier alpha value is -2.04. The normalized spacial score (nSPS) is 10.4. The standard InChI is InChI=1S/C12H15N3O2/c1-10-7-14-15(9-10)5-4-12(16)13-8-11-3-2-6-17-11/h2-3,6-7,9H,4-5,8H2,1H3,(H,13,16). The predicted molar refractivity (Wildman–Crippen MR) is 62.1 cm³/mol. The Bertz CT molecular complexity index is 474. The van der Waals surface area contributed by atoms with Gasteiger partial charge in [-0.2, -0.15) is 5.10 Å². The molecule has 2 rings (SSSR count). The topological polar surface area (TPSA) is 60.1 Å². The summed E-state index contributed by atoms with van der Waals surface area (Å²) in [4.78, 5) is 11.5. The molecule has 0 radical (unpaired) electrons. The molecule has 0 unspecified atom stereocenters. The summed E-state index contributed by atoms with van der Waals surface area (Å²) in [7, 11) is 0. The summed E-state index contributed by atoms with van der Waals surface area (Å²) in [6, 6.07) is 3.63. The fourth-order valence-corrected chi connectivity index (χ4v) is 1.49. The zero-order valence-electron chi connectivity index (χ0n) is 9.72. The van der Waals surface area contributed by atoms with E-state index in [4.69, 9.17) is 4.42 Å². The molecule has 5 heteroatoms. The molecule has 0 aliphatic heterocycles. The first-order valence-electron chi connectivity index (χ1n) is 5.52. The number of nitrogens with zero attached hydrogens (tertiary/aromatic N) is 2. The number of hydrogen-bond acceptors (Lipinski definition) is 3. The van der Waals surface area contributed by atoms with Crippen LogP contribution in [-0.2, 0) is 17.9 Å². The maximum Gasteiger partial charge on any atom is 0.222 e. The number of amides is 1. The molecule has 0 spiro atoms. The Morgan fingerprint density at radius 2 is 2.47 bits per heavy atom. The highest BCUT2D eigenvalue weighted by atomic mass is 16.3. The van der Waals surface area contributed by atoms with Crippen molar-refractivity contribution in [3.05, 3.63) is 42.1 Å². The van der Waals surface area contributed by atoms with Crippen LogP contribution in [0.5, 0.6) is 0 Å². The first kappa shape index (κ1) is 11.4. The lowest BCUT2D eigenvalue weighted by molar-refractivity contribution is -0.121. The zero-order valence-corrected chi connectivity index (χ0v) is 9.72. The average Bonchev–Trinajstić information content (AvgIpc) is 2.95. The van der Waals surface area contributed by atoms with E-state index in [0.29, 0.717) is 19.5 Å². The molecular weight excluding hydrogens is 218 g/mol. The third kappa shape index (κ3) is 3.48. The highest BCUT2D eigenvalue weighted by Crippen LogP contribution is 1.99. The summed E-state index contributed by atoms with van der Waals surface area (Å²) < 4.78 is 6.88. The van der Waals surface area contributed by atoms with Crippen molar-refractivity contribution >= 4 is 5.91 Å². The van der Waals surface area contributed by atoms with Gasteiger partial charge in [-0.25, -0.2) is 0 Å². The molecule has 1 amide bonds. The van der Waals surface area contributed by atoms with Crippen molar-refractivity contribution in [1.82, 2.24) is 15.1 Å². The minimum atomic E-state index is -0.00504. The Morgan fingerprint density at radius 3 is 3.12 bits per heavy atom. The van der Waals surface area contributed by atoms with Gasteiger partial charge in [-0.3, -0.25) is 9.48 Å². The van der Waals surface area contributed by atoms with E-state index in [1.54, 1.807) is 23.2 Å². The molecule has 0 aliphatic carbocycles. The maximum atomic E-state index is 11.5. The Kier molecular flexibility index (Phi) is 3.59. The fraction of sp³-hybridized carbons (Fsp3) is 0.333. The number of carbonyl (C=O) groups is 1. The quantitative estimate of drug-likeness (QED) is 0.851. The molecule has 90 valence electrons. The number of nitrogens with one attached hydrogen (secondary N) is 1. The molecule has 0 saturated carbocycles. The number of rotatable bonds is 5. The largest absolute Gasteiger partial charge is 0.467 e. The molecule has 5 nitrogen and oxygen atoms in total. The highest BCUT2D eigenvalue weighted by molar-refractivity contribution is 5.75. The molecule has 0 aromatic carbocycles. The number of carbonyl (C=O) groups excluding carboxylic acids is 1. The third-order valence-electron chi connectivity index (χ3n) is 2.37. The molecule has 2 heterocycles. The van der Waals surface area contributed by atoms with Crippen LogP contribution in [0.15, 0.2) is 35.2 Å². The van der Waals surface area contributed by atoms with Gasteiger partial charge in [0.1, 0.15) is 5.76 Å². The minimum absolute atomic E-state index is 0.00504. The molecule has 0 atom stereocenters. The van der Waals surface area contributed by atoms with Gasteiger partial charge in [0, 0.05) is 19.2 Å². The second-order valence-corrected chi connectivity index (χ2v) is 3.89. The van der Waals surface area contributed by atoms with E-state index >= 15 is 0 Å². The molecule has 2 aromatic rings. The molecule has 2 aromatic heterocycles. The van der Waals surface area contributed by atoms with Crippen LogP contribution < -0.4 is 5.32 Å². The summed E-state index contributed by atoms with van der Waals surface area (Å²) in [5.74, 6) is 0.753. The van der Waals surface area contributed by atoms with Crippen LogP contribution in [0.25, 0.3) is 0 Å². The van der Waals surface area contributed by atoms with E-state index in [-0.39, 0.29) is 5.91 Å². The SMILES string of the molecule is Cc1cnn(CCC(=O)NCc2ccco2)c1. The van der Waals surface area contributed by atoms with Gasteiger partial charge in [0.05, 0.1) is 19.0 Å². The zero-order chi connectivity index (χ0) is 12.1. The summed E-state index contributed by atoms with van der Waals surface area (Å²) in [5.41, 5.74) is 1.10. The van der Waals surface area contributed by atoms with Gasteiger partial charge < -0.3 is 9.73 Å². The molecule has 0 fully saturated rings. The fourth-order valence-electron chi connectivity index (χ4n) is 1.49. The van der Waals surface area contributed by atoms with E-state index in [1.165, 1.54) is 0 Å². The molecule has 1 N–H and O–H groups in total. The maximum absolute atomic E-state index is 11.5. The Labute approximate surface area is 99.4 Å². The number of hydrogen-bond donors (Lipinski definition) is 1.